The zero-order chi connectivity index (χ0) is 18.7. The van der Waals surface area contributed by atoms with Gasteiger partial charge in [0.2, 0.25) is 0 Å². The molecular formula is C21H32N2O3. The van der Waals surface area contributed by atoms with Crippen LogP contribution in [0.25, 0.3) is 0 Å². The van der Waals surface area contributed by atoms with E-state index in [1.165, 1.54) is 5.57 Å². The van der Waals surface area contributed by atoms with Gasteiger partial charge in [0.05, 0.1) is 11.4 Å². The molecular weight excluding hydrogens is 328 g/mol. The zero-order valence-corrected chi connectivity index (χ0v) is 16.2. The third-order valence-electron chi connectivity index (χ3n) is 9.01. The number of rotatable bonds is 1. The average Bonchev–Trinajstić information content (AvgIpc) is 2.92. The van der Waals surface area contributed by atoms with E-state index in [1.54, 1.807) is 6.92 Å². The third kappa shape index (κ3) is 2.12. The standard InChI is InChI=1S/C21H32N2O3/c1-13(22-25)21(24)11-8-18-16-5-4-14-12-15(23-26)6-9-19(14,2)17(16)7-10-20(18,21)3/h12,16-18,24-26H,4-11H2,1-3H3/t16-,17+,18+,19-,20+,21+/m0/s1. The molecule has 3 saturated carbocycles. The minimum absolute atomic E-state index is 0.194. The van der Waals surface area contributed by atoms with Crippen LogP contribution in [0, 0.1) is 28.6 Å². The Bertz CT molecular complexity index is 699. The first-order valence-corrected chi connectivity index (χ1v) is 10.1. The van der Waals surface area contributed by atoms with Crippen LogP contribution in [-0.4, -0.2) is 32.5 Å². The summed E-state index contributed by atoms with van der Waals surface area (Å²) >= 11 is 0. The molecule has 4 aliphatic rings. The SMILES string of the molecule is CC(=NO)[C@]1(O)CC[C@@H]2[C@H]3CCC4=CC(=NO)CC[C@]4(C)[C@@H]3CC[C@]21C. The quantitative estimate of drug-likeness (QED) is 0.369. The number of nitrogens with zero attached hydrogens (tertiary/aromatic N) is 2. The van der Waals surface area contributed by atoms with Crippen LogP contribution in [0.4, 0.5) is 0 Å². The minimum atomic E-state index is -0.975. The van der Waals surface area contributed by atoms with E-state index in [0.29, 0.717) is 29.9 Å². The zero-order valence-electron chi connectivity index (χ0n) is 16.2. The summed E-state index contributed by atoms with van der Waals surface area (Å²) in [7, 11) is 0. The van der Waals surface area contributed by atoms with Gasteiger partial charge in [-0.2, -0.15) is 0 Å². The van der Waals surface area contributed by atoms with Crippen molar-refractivity contribution in [3.05, 3.63) is 11.6 Å². The molecule has 0 aromatic heterocycles. The molecule has 0 aliphatic heterocycles. The van der Waals surface area contributed by atoms with Gasteiger partial charge in [0.15, 0.2) is 0 Å². The Morgan fingerprint density at radius 2 is 1.77 bits per heavy atom. The highest BCUT2D eigenvalue weighted by molar-refractivity contribution is 5.96. The van der Waals surface area contributed by atoms with Gasteiger partial charge in [0.1, 0.15) is 5.60 Å². The number of fused-ring (bicyclic) bond motifs is 5. The molecule has 0 aromatic carbocycles. The predicted molar refractivity (Wildman–Crippen MR) is 101 cm³/mol. The van der Waals surface area contributed by atoms with Gasteiger partial charge in [-0.25, -0.2) is 0 Å². The first kappa shape index (κ1) is 18.0. The van der Waals surface area contributed by atoms with E-state index in [0.717, 1.165) is 50.7 Å². The lowest BCUT2D eigenvalue weighted by Gasteiger charge is -2.59. The van der Waals surface area contributed by atoms with E-state index < -0.39 is 5.60 Å². The molecule has 0 heterocycles. The summed E-state index contributed by atoms with van der Waals surface area (Å²) in [6.07, 6.45) is 10.1. The molecule has 0 bridgehead atoms. The van der Waals surface area contributed by atoms with Crippen LogP contribution in [0.15, 0.2) is 22.0 Å². The molecule has 5 heteroatoms. The lowest BCUT2D eigenvalue weighted by molar-refractivity contribution is -0.0952. The molecule has 6 atom stereocenters. The largest absolute Gasteiger partial charge is 0.411 e. The second-order valence-corrected chi connectivity index (χ2v) is 9.63. The Kier molecular flexibility index (Phi) is 4.03. The van der Waals surface area contributed by atoms with Gasteiger partial charge in [-0.3, -0.25) is 0 Å². The van der Waals surface area contributed by atoms with Crippen molar-refractivity contribution >= 4 is 11.4 Å². The van der Waals surface area contributed by atoms with Crippen LogP contribution >= 0.6 is 0 Å². The van der Waals surface area contributed by atoms with E-state index >= 15 is 0 Å². The molecule has 4 aliphatic carbocycles. The van der Waals surface area contributed by atoms with Crippen molar-refractivity contribution in [1.82, 2.24) is 0 Å². The fourth-order valence-electron chi connectivity index (χ4n) is 7.34. The van der Waals surface area contributed by atoms with Crippen LogP contribution < -0.4 is 0 Å². The highest BCUT2D eigenvalue weighted by Crippen LogP contribution is 2.67. The smallest absolute Gasteiger partial charge is 0.111 e. The van der Waals surface area contributed by atoms with Crippen LogP contribution in [0.5, 0.6) is 0 Å². The van der Waals surface area contributed by atoms with Crippen LogP contribution in [0.2, 0.25) is 0 Å². The Balaban J connectivity index is 1.68. The second kappa shape index (κ2) is 5.82. The normalized spacial score (nSPS) is 50.0. The molecule has 3 fully saturated rings. The molecule has 144 valence electrons. The van der Waals surface area contributed by atoms with Crippen molar-refractivity contribution in [2.75, 3.05) is 0 Å². The monoisotopic (exact) mass is 360 g/mol. The van der Waals surface area contributed by atoms with Crippen LogP contribution in [0.1, 0.15) is 72.1 Å². The first-order valence-electron chi connectivity index (χ1n) is 10.1. The lowest BCUT2D eigenvalue weighted by Crippen LogP contribution is -2.57. The molecule has 0 amide bonds. The van der Waals surface area contributed by atoms with E-state index in [-0.39, 0.29) is 10.8 Å². The van der Waals surface area contributed by atoms with Crippen molar-refractivity contribution in [2.24, 2.45) is 38.9 Å². The summed E-state index contributed by atoms with van der Waals surface area (Å²) in [5.74, 6) is 1.73. The number of oxime groups is 2. The van der Waals surface area contributed by atoms with Crippen molar-refractivity contribution in [3.8, 4) is 0 Å². The van der Waals surface area contributed by atoms with Crippen molar-refractivity contribution < 1.29 is 15.5 Å². The van der Waals surface area contributed by atoms with E-state index in [9.17, 15) is 15.5 Å². The summed E-state index contributed by atoms with van der Waals surface area (Å²) in [5, 5.41) is 36.8. The second-order valence-electron chi connectivity index (χ2n) is 9.63. The molecule has 4 rings (SSSR count). The van der Waals surface area contributed by atoms with E-state index in [4.69, 9.17) is 0 Å². The van der Waals surface area contributed by atoms with Gasteiger partial charge in [0, 0.05) is 5.41 Å². The summed E-state index contributed by atoms with van der Waals surface area (Å²) in [6, 6.07) is 0. The number of aliphatic hydroxyl groups is 1. The molecule has 0 radical (unpaired) electrons. The average molecular weight is 360 g/mol. The molecule has 26 heavy (non-hydrogen) atoms. The highest BCUT2D eigenvalue weighted by Gasteiger charge is 2.64. The van der Waals surface area contributed by atoms with Gasteiger partial charge >= 0.3 is 0 Å². The van der Waals surface area contributed by atoms with E-state index in [1.807, 2.05) is 0 Å². The molecule has 0 unspecified atom stereocenters. The maximum Gasteiger partial charge on any atom is 0.111 e. The molecule has 0 aromatic rings. The summed E-state index contributed by atoms with van der Waals surface area (Å²) in [5.41, 5.74) is 1.78. The Labute approximate surface area is 155 Å². The third-order valence-corrected chi connectivity index (χ3v) is 9.01. The Morgan fingerprint density at radius 3 is 2.46 bits per heavy atom. The lowest BCUT2D eigenvalue weighted by atomic mass is 9.46. The van der Waals surface area contributed by atoms with Gasteiger partial charge in [-0.1, -0.05) is 29.7 Å². The number of hydrogen-bond donors (Lipinski definition) is 3. The molecule has 3 N–H and O–H groups in total. The number of hydrogen-bond acceptors (Lipinski definition) is 5. The minimum Gasteiger partial charge on any atom is -0.411 e. The molecule has 0 saturated heterocycles. The van der Waals surface area contributed by atoms with Crippen molar-refractivity contribution in [2.45, 2.75) is 77.7 Å². The summed E-state index contributed by atoms with van der Waals surface area (Å²) < 4.78 is 0. The highest BCUT2D eigenvalue weighted by atomic mass is 16.4. The molecule has 5 nitrogen and oxygen atoms in total. The predicted octanol–water partition coefficient (Wildman–Crippen LogP) is 4.36. The topological polar surface area (TPSA) is 85.4 Å². The van der Waals surface area contributed by atoms with Crippen molar-refractivity contribution in [3.63, 3.8) is 0 Å². The fourth-order valence-corrected chi connectivity index (χ4v) is 7.34. The van der Waals surface area contributed by atoms with Gasteiger partial charge in [0.25, 0.3) is 0 Å². The van der Waals surface area contributed by atoms with Crippen molar-refractivity contribution in [1.29, 1.82) is 0 Å². The van der Waals surface area contributed by atoms with E-state index in [2.05, 4.69) is 30.2 Å². The maximum absolute atomic E-state index is 11.4. The summed E-state index contributed by atoms with van der Waals surface area (Å²) in [4.78, 5) is 0. The van der Waals surface area contributed by atoms with Crippen LogP contribution in [-0.2, 0) is 0 Å². The van der Waals surface area contributed by atoms with Gasteiger partial charge in [-0.15, -0.1) is 0 Å². The van der Waals surface area contributed by atoms with Gasteiger partial charge < -0.3 is 15.5 Å². The van der Waals surface area contributed by atoms with Crippen LogP contribution in [0.3, 0.4) is 0 Å². The van der Waals surface area contributed by atoms with Gasteiger partial charge in [-0.05, 0) is 87.5 Å². The summed E-state index contributed by atoms with van der Waals surface area (Å²) in [6.45, 7) is 6.40. The maximum atomic E-state index is 11.4. The number of allylic oxidation sites excluding steroid dienone is 2. The molecule has 0 spiro atoms. The Morgan fingerprint density at radius 1 is 1.04 bits per heavy atom. The first-order chi connectivity index (χ1) is 12.3. The fraction of sp³-hybridized carbons (Fsp3) is 0.810. The Hall–Kier alpha value is -1.36.